The Bertz CT molecular complexity index is 348. The van der Waals surface area contributed by atoms with Crippen LogP contribution in [0.2, 0.25) is 0 Å². The van der Waals surface area contributed by atoms with Gasteiger partial charge in [0.25, 0.3) is 0 Å². The van der Waals surface area contributed by atoms with Crippen LogP contribution < -0.4 is 5.73 Å². The molecule has 102 valence electrons. The van der Waals surface area contributed by atoms with Crippen LogP contribution in [0.15, 0.2) is 24.3 Å². The summed E-state index contributed by atoms with van der Waals surface area (Å²) in [7, 11) is 2.09. The molecule has 1 rings (SSSR count). The summed E-state index contributed by atoms with van der Waals surface area (Å²) in [6.07, 6.45) is 2.29. The van der Waals surface area contributed by atoms with Crippen molar-refractivity contribution in [3.8, 4) is 0 Å². The molecule has 2 N–H and O–H groups in total. The van der Waals surface area contributed by atoms with Gasteiger partial charge in [-0.3, -0.25) is 4.90 Å². The van der Waals surface area contributed by atoms with Crippen molar-refractivity contribution < 1.29 is 4.39 Å². The SMILES string of the molecule is CCCC(C)N(C)C(c1ccc(F)cc1)C(C)N. The van der Waals surface area contributed by atoms with Crippen molar-refractivity contribution in [2.45, 2.75) is 51.7 Å². The Labute approximate surface area is 110 Å². The molecule has 0 amide bonds. The zero-order valence-electron chi connectivity index (χ0n) is 11.9. The maximum Gasteiger partial charge on any atom is 0.123 e. The monoisotopic (exact) mass is 252 g/mol. The first-order valence-electron chi connectivity index (χ1n) is 6.70. The van der Waals surface area contributed by atoms with Crippen molar-refractivity contribution in [1.29, 1.82) is 0 Å². The summed E-state index contributed by atoms with van der Waals surface area (Å²) >= 11 is 0. The van der Waals surface area contributed by atoms with Gasteiger partial charge in [-0.2, -0.15) is 0 Å². The molecule has 3 unspecified atom stereocenters. The first kappa shape index (κ1) is 15.1. The van der Waals surface area contributed by atoms with Gasteiger partial charge in [0, 0.05) is 18.1 Å². The minimum absolute atomic E-state index is 0.0137. The highest BCUT2D eigenvalue weighted by molar-refractivity contribution is 5.21. The Morgan fingerprint density at radius 1 is 1.22 bits per heavy atom. The van der Waals surface area contributed by atoms with Gasteiger partial charge in [0.15, 0.2) is 0 Å². The molecule has 18 heavy (non-hydrogen) atoms. The summed E-state index contributed by atoms with van der Waals surface area (Å²) < 4.78 is 13.0. The standard InChI is InChI=1S/C15H25FN2/c1-5-6-11(2)18(4)15(12(3)17)13-7-9-14(16)10-8-13/h7-12,15H,5-6,17H2,1-4H3. The van der Waals surface area contributed by atoms with Crippen molar-refractivity contribution >= 4 is 0 Å². The van der Waals surface area contributed by atoms with E-state index in [0.717, 1.165) is 18.4 Å². The molecule has 0 heterocycles. The van der Waals surface area contributed by atoms with E-state index in [0.29, 0.717) is 6.04 Å². The van der Waals surface area contributed by atoms with E-state index in [9.17, 15) is 4.39 Å². The van der Waals surface area contributed by atoms with Crippen molar-refractivity contribution in [1.82, 2.24) is 4.90 Å². The van der Waals surface area contributed by atoms with Crippen LogP contribution in [0.1, 0.15) is 45.2 Å². The molecule has 0 aliphatic heterocycles. The third-order valence-corrected chi connectivity index (χ3v) is 3.55. The normalized spacial score (nSPS) is 16.6. The summed E-state index contributed by atoms with van der Waals surface area (Å²) in [5.74, 6) is -0.202. The highest BCUT2D eigenvalue weighted by Crippen LogP contribution is 2.25. The summed E-state index contributed by atoms with van der Waals surface area (Å²) in [5.41, 5.74) is 7.19. The van der Waals surface area contributed by atoms with Crippen LogP contribution >= 0.6 is 0 Å². The summed E-state index contributed by atoms with van der Waals surface area (Å²) in [6.45, 7) is 6.40. The molecule has 0 saturated carbocycles. The Kier molecular flexibility index (Phi) is 5.76. The Hall–Kier alpha value is -0.930. The topological polar surface area (TPSA) is 29.3 Å². The minimum Gasteiger partial charge on any atom is -0.326 e. The molecule has 0 fully saturated rings. The fourth-order valence-electron chi connectivity index (χ4n) is 2.47. The van der Waals surface area contributed by atoms with Gasteiger partial charge in [0.1, 0.15) is 5.82 Å². The summed E-state index contributed by atoms with van der Waals surface area (Å²) in [4.78, 5) is 2.29. The molecule has 0 saturated heterocycles. The highest BCUT2D eigenvalue weighted by Gasteiger charge is 2.24. The van der Waals surface area contributed by atoms with Crippen LogP contribution in [-0.2, 0) is 0 Å². The van der Waals surface area contributed by atoms with E-state index in [2.05, 4.69) is 25.8 Å². The van der Waals surface area contributed by atoms with Gasteiger partial charge in [0.05, 0.1) is 0 Å². The molecule has 0 aliphatic carbocycles. The van der Waals surface area contributed by atoms with Crippen molar-refractivity contribution in [2.75, 3.05) is 7.05 Å². The lowest BCUT2D eigenvalue weighted by molar-refractivity contribution is 0.157. The third kappa shape index (κ3) is 3.79. The maximum atomic E-state index is 13.0. The van der Waals surface area contributed by atoms with Crippen LogP contribution in [0.5, 0.6) is 0 Å². The van der Waals surface area contributed by atoms with Crippen molar-refractivity contribution in [3.05, 3.63) is 35.6 Å². The van der Waals surface area contributed by atoms with Gasteiger partial charge in [-0.15, -0.1) is 0 Å². The summed E-state index contributed by atoms with van der Waals surface area (Å²) in [6, 6.07) is 7.28. The van der Waals surface area contributed by atoms with E-state index in [1.807, 2.05) is 19.1 Å². The Balaban J connectivity index is 2.92. The molecule has 3 heteroatoms. The van der Waals surface area contributed by atoms with Gasteiger partial charge < -0.3 is 5.73 Å². The van der Waals surface area contributed by atoms with E-state index in [1.165, 1.54) is 12.1 Å². The van der Waals surface area contributed by atoms with Gasteiger partial charge in [-0.1, -0.05) is 25.5 Å². The van der Waals surface area contributed by atoms with Gasteiger partial charge in [-0.05, 0) is 45.0 Å². The van der Waals surface area contributed by atoms with Crippen LogP contribution in [0.3, 0.4) is 0 Å². The fraction of sp³-hybridized carbons (Fsp3) is 0.600. The number of benzene rings is 1. The fourth-order valence-corrected chi connectivity index (χ4v) is 2.47. The number of hydrogen-bond donors (Lipinski definition) is 1. The molecule has 3 atom stereocenters. The first-order chi connectivity index (χ1) is 8.47. The van der Waals surface area contributed by atoms with Crippen molar-refractivity contribution in [2.24, 2.45) is 5.73 Å². The zero-order chi connectivity index (χ0) is 13.7. The predicted molar refractivity (Wildman–Crippen MR) is 74.9 cm³/mol. The minimum atomic E-state index is -0.202. The number of nitrogens with two attached hydrogens (primary N) is 1. The van der Waals surface area contributed by atoms with Gasteiger partial charge in [0.2, 0.25) is 0 Å². The average molecular weight is 252 g/mol. The molecule has 1 aromatic carbocycles. The zero-order valence-corrected chi connectivity index (χ0v) is 11.9. The summed E-state index contributed by atoms with van der Waals surface area (Å²) in [5, 5.41) is 0. The Morgan fingerprint density at radius 2 is 1.78 bits per heavy atom. The molecular formula is C15H25FN2. The van der Waals surface area contributed by atoms with E-state index in [1.54, 1.807) is 0 Å². The van der Waals surface area contributed by atoms with E-state index in [-0.39, 0.29) is 17.9 Å². The van der Waals surface area contributed by atoms with Gasteiger partial charge in [-0.25, -0.2) is 4.39 Å². The maximum absolute atomic E-state index is 13.0. The van der Waals surface area contributed by atoms with Crippen LogP contribution in [0.4, 0.5) is 4.39 Å². The number of rotatable bonds is 6. The second-order valence-electron chi connectivity index (χ2n) is 5.16. The van der Waals surface area contributed by atoms with Gasteiger partial charge >= 0.3 is 0 Å². The number of nitrogens with zero attached hydrogens (tertiary/aromatic N) is 1. The van der Waals surface area contributed by atoms with Crippen LogP contribution in [0, 0.1) is 5.82 Å². The number of likely N-dealkylation sites (N-methyl/N-ethyl adjacent to an activating group) is 1. The Morgan fingerprint density at radius 3 is 2.22 bits per heavy atom. The van der Waals surface area contributed by atoms with E-state index in [4.69, 9.17) is 5.73 Å². The van der Waals surface area contributed by atoms with Crippen molar-refractivity contribution in [3.63, 3.8) is 0 Å². The molecule has 0 bridgehead atoms. The third-order valence-electron chi connectivity index (χ3n) is 3.55. The van der Waals surface area contributed by atoms with Crippen LogP contribution in [0.25, 0.3) is 0 Å². The van der Waals surface area contributed by atoms with Crippen LogP contribution in [-0.4, -0.2) is 24.0 Å². The molecular weight excluding hydrogens is 227 g/mol. The van der Waals surface area contributed by atoms with E-state index >= 15 is 0 Å². The molecule has 0 aromatic heterocycles. The average Bonchev–Trinajstić information content (AvgIpc) is 2.31. The predicted octanol–water partition coefficient (Wildman–Crippen LogP) is 3.33. The molecule has 2 nitrogen and oxygen atoms in total. The first-order valence-corrected chi connectivity index (χ1v) is 6.70. The lowest BCUT2D eigenvalue weighted by Crippen LogP contribution is -2.41. The number of halogens is 1. The smallest absolute Gasteiger partial charge is 0.123 e. The molecule has 1 aromatic rings. The lowest BCUT2D eigenvalue weighted by Gasteiger charge is -2.36. The quantitative estimate of drug-likeness (QED) is 0.841. The second kappa shape index (κ2) is 6.86. The molecule has 0 aliphatic rings. The number of hydrogen-bond acceptors (Lipinski definition) is 2. The highest BCUT2D eigenvalue weighted by atomic mass is 19.1. The lowest BCUT2D eigenvalue weighted by atomic mass is 9.97. The largest absolute Gasteiger partial charge is 0.326 e. The second-order valence-corrected chi connectivity index (χ2v) is 5.16. The molecule has 0 radical (unpaired) electrons. The van der Waals surface area contributed by atoms with E-state index < -0.39 is 0 Å². The molecule has 0 spiro atoms.